The number of likely N-dealkylation sites (tertiary alicyclic amines) is 1. The predicted octanol–water partition coefficient (Wildman–Crippen LogP) is 2.88. The van der Waals surface area contributed by atoms with Gasteiger partial charge in [-0.25, -0.2) is 4.98 Å². The Labute approximate surface area is 154 Å². The molecule has 2 heterocycles. The summed E-state index contributed by atoms with van der Waals surface area (Å²) in [6.07, 6.45) is 3.64. The summed E-state index contributed by atoms with van der Waals surface area (Å²) in [6, 6.07) is 7.85. The second-order valence-electron chi connectivity index (χ2n) is 6.91. The van der Waals surface area contributed by atoms with Crippen LogP contribution in [0.15, 0.2) is 30.5 Å². The molecule has 1 aromatic heterocycles. The number of piperidine rings is 1. The van der Waals surface area contributed by atoms with Crippen molar-refractivity contribution in [3.05, 3.63) is 47.4 Å². The molecule has 1 fully saturated rings. The summed E-state index contributed by atoms with van der Waals surface area (Å²) >= 11 is 0. The highest BCUT2D eigenvalue weighted by atomic mass is 16.5. The molecule has 6 heteroatoms. The Bertz CT molecular complexity index is 753. The van der Waals surface area contributed by atoms with Gasteiger partial charge in [0.25, 0.3) is 0 Å². The maximum Gasteiger partial charge on any atom is 0.238 e. The average molecular weight is 354 g/mol. The molecule has 26 heavy (non-hydrogen) atoms. The zero-order chi connectivity index (χ0) is 18.5. The highest BCUT2D eigenvalue weighted by molar-refractivity contribution is 5.92. The SMILES string of the molecule is Cc1ccc(NC(=O)CN2CCC(Oc3nc(C)cnc3C)CC2)cc1. The Hall–Kier alpha value is -2.47. The van der Waals surface area contributed by atoms with E-state index in [2.05, 4.69) is 20.2 Å². The van der Waals surface area contributed by atoms with E-state index in [0.717, 1.165) is 43.0 Å². The van der Waals surface area contributed by atoms with Gasteiger partial charge in [-0.2, -0.15) is 0 Å². The molecular formula is C20H26N4O2. The number of aryl methyl sites for hydroxylation is 3. The molecular weight excluding hydrogens is 328 g/mol. The quantitative estimate of drug-likeness (QED) is 0.894. The van der Waals surface area contributed by atoms with Crippen LogP contribution >= 0.6 is 0 Å². The van der Waals surface area contributed by atoms with Crippen molar-refractivity contribution < 1.29 is 9.53 Å². The topological polar surface area (TPSA) is 67.4 Å². The standard InChI is InChI=1S/C20H26N4O2/c1-14-4-6-17(7-5-14)23-19(25)13-24-10-8-18(9-11-24)26-20-16(3)21-12-15(2)22-20/h4-7,12,18H,8-11,13H2,1-3H3,(H,23,25). The smallest absolute Gasteiger partial charge is 0.238 e. The minimum absolute atomic E-state index is 0.0219. The summed E-state index contributed by atoms with van der Waals surface area (Å²) in [6.45, 7) is 7.93. The normalized spacial score (nSPS) is 15.7. The first kappa shape index (κ1) is 18.3. The number of hydrogen-bond acceptors (Lipinski definition) is 5. The van der Waals surface area contributed by atoms with Crippen LogP contribution in [0.5, 0.6) is 5.88 Å². The largest absolute Gasteiger partial charge is 0.473 e. The first-order valence-corrected chi connectivity index (χ1v) is 9.05. The van der Waals surface area contributed by atoms with Crippen molar-refractivity contribution in [3.63, 3.8) is 0 Å². The lowest BCUT2D eigenvalue weighted by Gasteiger charge is -2.31. The summed E-state index contributed by atoms with van der Waals surface area (Å²) in [5, 5.41) is 2.95. The molecule has 3 rings (SSSR count). The van der Waals surface area contributed by atoms with E-state index in [-0.39, 0.29) is 12.0 Å². The Morgan fingerprint density at radius 3 is 2.58 bits per heavy atom. The Morgan fingerprint density at radius 2 is 1.88 bits per heavy atom. The van der Waals surface area contributed by atoms with Crippen LogP contribution in [-0.4, -0.2) is 46.5 Å². The van der Waals surface area contributed by atoms with Gasteiger partial charge in [-0.15, -0.1) is 0 Å². The van der Waals surface area contributed by atoms with Gasteiger partial charge in [-0.1, -0.05) is 17.7 Å². The van der Waals surface area contributed by atoms with Crippen LogP contribution in [-0.2, 0) is 4.79 Å². The highest BCUT2D eigenvalue weighted by Gasteiger charge is 2.23. The van der Waals surface area contributed by atoms with Crippen LogP contribution in [0.2, 0.25) is 0 Å². The van der Waals surface area contributed by atoms with Crippen molar-refractivity contribution >= 4 is 11.6 Å². The number of aromatic nitrogens is 2. The third-order valence-electron chi connectivity index (χ3n) is 4.55. The zero-order valence-electron chi connectivity index (χ0n) is 15.7. The zero-order valence-corrected chi connectivity index (χ0v) is 15.7. The number of rotatable bonds is 5. The number of nitrogens with one attached hydrogen (secondary N) is 1. The lowest BCUT2D eigenvalue weighted by atomic mass is 10.1. The van der Waals surface area contributed by atoms with E-state index in [1.54, 1.807) is 6.20 Å². The third-order valence-corrected chi connectivity index (χ3v) is 4.55. The maximum absolute atomic E-state index is 12.2. The molecule has 2 aromatic rings. The molecule has 1 amide bonds. The summed E-state index contributed by atoms with van der Waals surface area (Å²) in [5.74, 6) is 0.647. The van der Waals surface area contributed by atoms with E-state index < -0.39 is 0 Å². The van der Waals surface area contributed by atoms with Crippen molar-refractivity contribution in [2.24, 2.45) is 0 Å². The van der Waals surface area contributed by atoms with Crippen LogP contribution in [0.1, 0.15) is 29.8 Å². The van der Waals surface area contributed by atoms with Crippen molar-refractivity contribution in [2.45, 2.75) is 39.7 Å². The molecule has 138 valence electrons. The molecule has 0 bridgehead atoms. The number of anilines is 1. The van der Waals surface area contributed by atoms with Crippen LogP contribution < -0.4 is 10.1 Å². The molecule has 0 saturated carbocycles. The monoisotopic (exact) mass is 354 g/mol. The maximum atomic E-state index is 12.2. The van der Waals surface area contributed by atoms with Crippen LogP contribution in [0.3, 0.4) is 0 Å². The predicted molar refractivity (Wildman–Crippen MR) is 101 cm³/mol. The first-order valence-electron chi connectivity index (χ1n) is 9.05. The molecule has 1 saturated heterocycles. The molecule has 0 radical (unpaired) electrons. The number of amides is 1. The summed E-state index contributed by atoms with van der Waals surface area (Å²) < 4.78 is 6.03. The molecule has 1 aliphatic rings. The van der Waals surface area contributed by atoms with Crippen molar-refractivity contribution in [1.29, 1.82) is 0 Å². The molecule has 1 N–H and O–H groups in total. The molecule has 1 aliphatic heterocycles. The van der Waals surface area contributed by atoms with Crippen molar-refractivity contribution in [2.75, 3.05) is 25.0 Å². The molecule has 0 atom stereocenters. The van der Waals surface area contributed by atoms with Gasteiger partial charge in [-0.05, 0) is 45.7 Å². The summed E-state index contributed by atoms with van der Waals surface area (Å²) in [7, 11) is 0. The Kier molecular flexibility index (Phi) is 5.83. The van der Waals surface area contributed by atoms with Gasteiger partial charge in [0.2, 0.25) is 11.8 Å². The highest BCUT2D eigenvalue weighted by Crippen LogP contribution is 2.19. The van der Waals surface area contributed by atoms with E-state index in [9.17, 15) is 4.79 Å². The molecule has 1 aromatic carbocycles. The van der Waals surface area contributed by atoms with E-state index in [4.69, 9.17) is 4.74 Å². The van der Waals surface area contributed by atoms with Gasteiger partial charge in [0.05, 0.1) is 17.9 Å². The molecule has 0 aliphatic carbocycles. The number of hydrogen-bond donors (Lipinski definition) is 1. The summed E-state index contributed by atoms with van der Waals surface area (Å²) in [5.41, 5.74) is 3.69. The van der Waals surface area contributed by atoms with Gasteiger partial charge in [0.1, 0.15) is 6.10 Å². The molecule has 0 unspecified atom stereocenters. The van der Waals surface area contributed by atoms with Gasteiger partial charge in [0.15, 0.2) is 0 Å². The van der Waals surface area contributed by atoms with Gasteiger partial charge in [0, 0.05) is 25.0 Å². The lowest BCUT2D eigenvalue weighted by Crippen LogP contribution is -2.42. The number of carbonyl (C=O) groups excluding carboxylic acids is 1. The molecule has 0 spiro atoms. The number of nitrogens with zero attached hydrogens (tertiary/aromatic N) is 3. The van der Waals surface area contributed by atoms with E-state index in [1.165, 1.54) is 5.56 Å². The second-order valence-corrected chi connectivity index (χ2v) is 6.91. The van der Waals surface area contributed by atoms with E-state index in [0.29, 0.717) is 12.4 Å². The number of benzene rings is 1. The van der Waals surface area contributed by atoms with Crippen LogP contribution in [0.4, 0.5) is 5.69 Å². The van der Waals surface area contributed by atoms with Crippen LogP contribution in [0, 0.1) is 20.8 Å². The van der Waals surface area contributed by atoms with E-state index in [1.807, 2.05) is 45.0 Å². The number of carbonyl (C=O) groups is 1. The third kappa shape index (κ3) is 5.02. The molecule has 6 nitrogen and oxygen atoms in total. The van der Waals surface area contributed by atoms with Gasteiger partial charge in [-0.3, -0.25) is 14.7 Å². The second kappa shape index (κ2) is 8.27. The lowest BCUT2D eigenvalue weighted by molar-refractivity contribution is -0.117. The minimum Gasteiger partial charge on any atom is -0.473 e. The fraction of sp³-hybridized carbons (Fsp3) is 0.450. The van der Waals surface area contributed by atoms with E-state index >= 15 is 0 Å². The fourth-order valence-corrected chi connectivity index (χ4v) is 3.01. The fourth-order valence-electron chi connectivity index (χ4n) is 3.01. The van der Waals surface area contributed by atoms with Crippen LogP contribution in [0.25, 0.3) is 0 Å². The summed E-state index contributed by atoms with van der Waals surface area (Å²) in [4.78, 5) is 23.1. The van der Waals surface area contributed by atoms with Gasteiger partial charge < -0.3 is 10.1 Å². The Balaban J connectivity index is 1.45. The average Bonchev–Trinajstić information content (AvgIpc) is 2.62. The Morgan fingerprint density at radius 1 is 1.19 bits per heavy atom. The number of ether oxygens (including phenoxy) is 1. The first-order chi connectivity index (χ1) is 12.5. The van der Waals surface area contributed by atoms with Gasteiger partial charge >= 0.3 is 0 Å². The van der Waals surface area contributed by atoms with Crippen molar-refractivity contribution in [1.82, 2.24) is 14.9 Å². The van der Waals surface area contributed by atoms with Crippen molar-refractivity contribution in [3.8, 4) is 5.88 Å². The minimum atomic E-state index is 0.0219.